The van der Waals surface area contributed by atoms with Crippen molar-refractivity contribution in [1.82, 2.24) is 10.2 Å². The number of hydrogen-bond acceptors (Lipinski definition) is 3. The third-order valence-corrected chi connectivity index (χ3v) is 6.90. The van der Waals surface area contributed by atoms with Crippen LogP contribution in [0.1, 0.15) is 56.7 Å². The van der Waals surface area contributed by atoms with Crippen LogP contribution in [0.4, 0.5) is 0 Å². The first-order valence-corrected chi connectivity index (χ1v) is 13.7. The van der Waals surface area contributed by atoms with Crippen LogP contribution in [0.3, 0.4) is 0 Å². The minimum absolute atomic E-state index is 0.00256. The second-order valence-corrected chi connectivity index (χ2v) is 10.6. The number of halogens is 1. The highest BCUT2D eigenvalue weighted by Crippen LogP contribution is 2.26. The quantitative estimate of drug-likeness (QED) is 0.273. The van der Waals surface area contributed by atoms with Gasteiger partial charge >= 0.3 is 0 Å². The van der Waals surface area contributed by atoms with Crippen molar-refractivity contribution in [3.05, 3.63) is 100 Å². The van der Waals surface area contributed by atoms with E-state index < -0.39 is 6.04 Å². The van der Waals surface area contributed by atoms with Crippen LogP contribution < -0.4 is 10.1 Å². The number of benzene rings is 3. The van der Waals surface area contributed by atoms with E-state index in [0.29, 0.717) is 18.7 Å². The fourth-order valence-electron chi connectivity index (χ4n) is 4.14. The van der Waals surface area contributed by atoms with Crippen molar-refractivity contribution in [2.75, 3.05) is 6.61 Å². The van der Waals surface area contributed by atoms with Crippen molar-refractivity contribution in [3.63, 3.8) is 0 Å². The van der Waals surface area contributed by atoms with Crippen LogP contribution in [-0.4, -0.2) is 35.4 Å². The molecule has 37 heavy (non-hydrogen) atoms. The molecule has 0 fully saturated rings. The standard InChI is InChI=1S/C31H37BrN2O3/c1-5-23(4)33-31(36)28(19-24-12-7-6-8-13-24)34(20-25-14-11-15-26(32)18-25)30(35)21-37-29-17-10-9-16-27(29)22(2)3/h6-18,22-23,28H,5,19-21H2,1-4H3,(H,33,36)/t23-,28+/m1/s1. The van der Waals surface area contributed by atoms with E-state index in [2.05, 4.69) is 35.1 Å². The Balaban J connectivity index is 1.94. The lowest BCUT2D eigenvalue weighted by Crippen LogP contribution is -2.53. The van der Waals surface area contributed by atoms with Crippen LogP contribution in [0.5, 0.6) is 5.75 Å². The summed E-state index contributed by atoms with van der Waals surface area (Å²) in [5, 5.41) is 3.10. The molecule has 0 aliphatic rings. The van der Waals surface area contributed by atoms with E-state index in [4.69, 9.17) is 4.74 Å². The maximum Gasteiger partial charge on any atom is 0.261 e. The van der Waals surface area contributed by atoms with E-state index in [1.165, 1.54) is 0 Å². The number of amides is 2. The van der Waals surface area contributed by atoms with E-state index in [1.807, 2.05) is 92.7 Å². The summed E-state index contributed by atoms with van der Waals surface area (Å²) in [5.74, 6) is 0.552. The molecular weight excluding hydrogens is 528 g/mol. The molecule has 0 unspecified atom stereocenters. The molecule has 3 aromatic rings. The van der Waals surface area contributed by atoms with Gasteiger partial charge in [-0.25, -0.2) is 0 Å². The van der Waals surface area contributed by atoms with Gasteiger partial charge in [-0.3, -0.25) is 9.59 Å². The van der Waals surface area contributed by atoms with E-state index in [-0.39, 0.29) is 30.4 Å². The molecule has 0 radical (unpaired) electrons. The number of rotatable bonds is 12. The normalized spacial score (nSPS) is 12.6. The highest BCUT2D eigenvalue weighted by Gasteiger charge is 2.31. The summed E-state index contributed by atoms with van der Waals surface area (Å²) in [7, 11) is 0. The minimum Gasteiger partial charge on any atom is -0.483 e. The van der Waals surface area contributed by atoms with Crippen LogP contribution >= 0.6 is 15.9 Å². The number of carbonyl (C=O) groups excluding carboxylic acids is 2. The molecule has 3 rings (SSSR count). The van der Waals surface area contributed by atoms with Gasteiger partial charge in [0.2, 0.25) is 5.91 Å². The van der Waals surface area contributed by atoms with Crippen LogP contribution in [0.2, 0.25) is 0 Å². The number of hydrogen-bond donors (Lipinski definition) is 1. The highest BCUT2D eigenvalue weighted by molar-refractivity contribution is 9.10. The number of para-hydroxylation sites is 1. The number of nitrogens with one attached hydrogen (secondary N) is 1. The van der Waals surface area contributed by atoms with Crippen LogP contribution in [0.15, 0.2) is 83.3 Å². The lowest BCUT2D eigenvalue weighted by Gasteiger charge is -2.32. The lowest BCUT2D eigenvalue weighted by atomic mass is 10.0. The molecule has 0 aromatic heterocycles. The van der Waals surface area contributed by atoms with Gasteiger partial charge in [0.15, 0.2) is 6.61 Å². The van der Waals surface area contributed by atoms with Gasteiger partial charge in [0.1, 0.15) is 11.8 Å². The molecule has 6 heteroatoms. The molecule has 1 N–H and O–H groups in total. The highest BCUT2D eigenvalue weighted by atomic mass is 79.9. The SMILES string of the molecule is CC[C@@H](C)NC(=O)[C@H](Cc1ccccc1)N(Cc1cccc(Br)c1)C(=O)COc1ccccc1C(C)C. The van der Waals surface area contributed by atoms with Crippen molar-refractivity contribution in [1.29, 1.82) is 0 Å². The summed E-state index contributed by atoms with van der Waals surface area (Å²) in [6.45, 7) is 8.33. The molecule has 0 saturated carbocycles. The molecule has 0 bridgehead atoms. The maximum absolute atomic E-state index is 13.8. The van der Waals surface area contributed by atoms with Gasteiger partial charge < -0.3 is 15.0 Å². The first kappa shape index (κ1) is 28.5. The van der Waals surface area contributed by atoms with Gasteiger partial charge in [-0.15, -0.1) is 0 Å². The third-order valence-electron chi connectivity index (χ3n) is 6.41. The first-order chi connectivity index (χ1) is 17.8. The van der Waals surface area contributed by atoms with Crippen molar-refractivity contribution in [2.45, 2.75) is 65.1 Å². The Morgan fingerprint density at radius 2 is 1.59 bits per heavy atom. The molecule has 0 aliphatic carbocycles. The Morgan fingerprint density at radius 1 is 0.919 bits per heavy atom. The van der Waals surface area contributed by atoms with Gasteiger partial charge in [-0.05, 0) is 54.2 Å². The molecule has 0 aliphatic heterocycles. The van der Waals surface area contributed by atoms with E-state index in [1.54, 1.807) is 4.90 Å². The molecule has 2 atom stereocenters. The summed E-state index contributed by atoms with van der Waals surface area (Å²) in [4.78, 5) is 29.0. The zero-order valence-corrected chi connectivity index (χ0v) is 23.7. The minimum atomic E-state index is -0.688. The van der Waals surface area contributed by atoms with Gasteiger partial charge in [-0.1, -0.05) is 97.4 Å². The van der Waals surface area contributed by atoms with E-state index >= 15 is 0 Å². The third kappa shape index (κ3) is 8.46. The van der Waals surface area contributed by atoms with Gasteiger partial charge in [-0.2, -0.15) is 0 Å². The Hall–Kier alpha value is -3.12. The summed E-state index contributed by atoms with van der Waals surface area (Å²) < 4.78 is 6.97. The van der Waals surface area contributed by atoms with E-state index in [0.717, 1.165) is 27.6 Å². The summed E-state index contributed by atoms with van der Waals surface area (Å²) in [5.41, 5.74) is 2.97. The monoisotopic (exact) mass is 564 g/mol. The van der Waals surface area contributed by atoms with Crippen molar-refractivity contribution < 1.29 is 14.3 Å². The second kappa shape index (κ2) is 14.0. The average Bonchev–Trinajstić information content (AvgIpc) is 2.89. The fraction of sp³-hybridized carbons (Fsp3) is 0.355. The number of ether oxygens (including phenoxy) is 1. The Labute approximate surface area is 229 Å². The zero-order valence-electron chi connectivity index (χ0n) is 22.1. The summed E-state index contributed by atoms with van der Waals surface area (Å²) in [6.07, 6.45) is 1.21. The van der Waals surface area contributed by atoms with Crippen LogP contribution in [0, 0.1) is 0 Å². The Bertz CT molecular complexity index is 1170. The van der Waals surface area contributed by atoms with E-state index in [9.17, 15) is 9.59 Å². The van der Waals surface area contributed by atoms with Crippen molar-refractivity contribution >= 4 is 27.7 Å². The lowest BCUT2D eigenvalue weighted by molar-refractivity contribution is -0.143. The smallest absolute Gasteiger partial charge is 0.261 e. The molecular formula is C31H37BrN2O3. The second-order valence-electron chi connectivity index (χ2n) is 9.66. The summed E-state index contributed by atoms with van der Waals surface area (Å²) in [6, 6.07) is 24.7. The largest absolute Gasteiger partial charge is 0.483 e. The van der Waals surface area contributed by atoms with Gasteiger partial charge in [0.25, 0.3) is 5.91 Å². The summed E-state index contributed by atoms with van der Waals surface area (Å²) >= 11 is 3.53. The topological polar surface area (TPSA) is 58.6 Å². The number of nitrogens with zero attached hydrogens (tertiary/aromatic N) is 1. The van der Waals surface area contributed by atoms with Gasteiger partial charge in [0, 0.05) is 23.5 Å². The molecule has 196 valence electrons. The molecule has 3 aromatic carbocycles. The average molecular weight is 566 g/mol. The molecule has 0 saturated heterocycles. The molecule has 0 heterocycles. The fourth-order valence-corrected chi connectivity index (χ4v) is 4.59. The first-order valence-electron chi connectivity index (χ1n) is 12.9. The van der Waals surface area contributed by atoms with Crippen molar-refractivity contribution in [3.8, 4) is 5.75 Å². The van der Waals surface area contributed by atoms with Gasteiger partial charge in [0.05, 0.1) is 0 Å². The Kier molecular flexibility index (Phi) is 10.8. The Morgan fingerprint density at radius 3 is 2.27 bits per heavy atom. The van der Waals surface area contributed by atoms with Crippen molar-refractivity contribution in [2.24, 2.45) is 0 Å². The maximum atomic E-state index is 13.8. The predicted octanol–water partition coefficient (Wildman–Crippen LogP) is 6.51. The van der Waals surface area contributed by atoms with Crippen LogP contribution in [-0.2, 0) is 22.6 Å². The molecule has 5 nitrogen and oxygen atoms in total. The molecule has 2 amide bonds. The zero-order chi connectivity index (χ0) is 26.8. The molecule has 0 spiro atoms. The predicted molar refractivity (Wildman–Crippen MR) is 153 cm³/mol. The van der Waals surface area contributed by atoms with Crippen LogP contribution in [0.25, 0.3) is 0 Å². The number of carbonyl (C=O) groups is 2.